The van der Waals surface area contributed by atoms with Crippen LogP contribution in [0.2, 0.25) is 0 Å². The third kappa shape index (κ3) is 3.40. The quantitative estimate of drug-likeness (QED) is 0.504. The van der Waals surface area contributed by atoms with Crippen LogP contribution in [0.3, 0.4) is 0 Å². The van der Waals surface area contributed by atoms with E-state index in [0.29, 0.717) is 17.7 Å². The van der Waals surface area contributed by atoms with Gasteiger partial charge in [0, 0.05) is 35.3 Å². The smallest absolute Gasteiger partial charge is 0.278 e. The van der Waals surface area contributed by atoms with Crippen molar-refractivity contribution in [1.82, 2.24) is 10.3 Å². The van der Waals surface area contributed by atoms with E-state index in [9.17, 15) is 10.1 Å². The summed E-state index contributed by atoms with van der Waals surface area (Å²) in [6.45, 7) is 4.86. The third-order valence-electron chi connectivity index (χ3n) is 3.18. The molecule has 0 radical (unpaired) electrons. The van der Waals surface area contributed by atoms with E-state index in [4.69, 9.17) is 0 Å². The summed E-state index contributed by atoms with van der Waals surface area (Å²) in [6.07, 6.45) is 2.53. The molecule has 0 fully saturated rings. The van der Waals surface area contributed by atoms with Crippen molar-refractivity contribution in [1.29, 1.82) is 0 Å². The first-order valence-corrected chi connectivity index (χ1v) is 7.30. The molecule has 0 aliphatic rings. The first-order valence-electron chi connectivity index (χ1n) is 6.42. The van der Waals surface area contributed by atoms with Crippen LogP contribution in [0.1, 0.15) is 21.7 Å². The summed E-state index contributed by atoms with van der Waals surface area (Å²) in [7, 11) is 0. The molecule has 1 N–H and O–H groups in total. The first-order chi connectivity index (χ1) is 9.59. The lowest BCUT2D eigenvalue weighted by molar-refractivity contribution is -0.386. The summed E-state index contributed by atoms with van der Waals surface area (Å²) in [6, 6.07) is 4.14. The standard InChI is InChI=1S/C14H17N3O2S/c1-10-8-16-13(11(2)14(10)17(18)19)9-15-6-5-12-4-3-7-20-12/h3-4,7-8,15H,5-6,9H2,1-2H3. The van der Waals surface area contributed by atoms with E-state index < -0.39 is 0 Å². The number of nitro groups is 1. The maximum Gasteiger partial charge on any atom is 0.278 e. The normalized spacial score (nSPS) is 10.7. The van der Waals surface area contributed by atoms with Gasteiger partial charge in [-0.1, -0.05) is 6.07 Å². The van der Waals surface area contributed by atoms with Crippen LogP contribution in [0.5, 0.6) is 0 Å². The molecule has 0 atom stereocenters. The Balaban J connectivity index is 1.96. The molecule has 0 aliphatic heterocycles. The van der Waals surface area contributed by atoms with Crippen molar-refractivity contribution in [3.05, 3.63) is 55.5 Å². The van der Waals surface area contributed by atoms with Crippen LogP contribution in [0, 0.1) is 24.0 Å². The van der Waals surface area contributed by atoms with E-state index >= 15 is 0 Å². The van der Waals surface area contributed by atoms with Gasteiger partial charge in [0.1, 0.15) is 0 Å². The number of nitrogens with zero attached hydrogens (tertiary/aromatic N) is 2. The van der Waals surface area contributed by atoms with Gasteiger partial charge in [0.05, 0.1) is 10.6 Å². The van der Waals surface area contributed by atoms with E-state index in [1.54, 1.807) is 31.4 Å². The second-order valence-corrected chi connectivity index (χ2v) is 5.66. The highest BCUT2D eigenvalue weighted by atomic mass is 32.1. The number of aromatic nitrogens is 1. The Kier molecular flexibility index (Phi) is 4.81. The largest absolute Gasteiger partial charge is 0.311 e. The van der Waals surface area contributed by atoms with Crippen LogP contribution in [0.15, 0.2) is 23.7 Å². The fraction of sp³-hybridized carbons (Fsp3) is 0.357. The Labute approximate surface area is 121 Å². The van der Waals surface area contributed by atoms with E-state index in [-0.39, 0.29) is 10.6 Å². The Morgan fingerprint density at radius 1 is 1.45 bits per heavy atom. The predicted molar refractivity (Wildman–Crippen MR) is 80.1 cm³/mol. The SMILES string of the molecule is Cc1cnc(CNCCc2cccs2)c(C)c1[N+](=O)[O-]. The molecule has 2 aromatic rings. The van der Waals surface area contributed by atoms with Gasteiger partial charge in [-0.05, 0) is 31.7 Å². The van der Waals surface area contributed by atoms with E-state index in [1.165, 1.54) is 4.88 Å². The molecule has 0 saturated heterocycles. The number of hydrogen-bond donors (Lipinski definition) is 1. The zero-order chi connectivity index (χ0) is 14.5. The average molecular weight is 291 g/mol. The summed E-state index contributed by atoms with van der Waals surface area (Å²) < 4.78 is 0. The Hall–Kier alpha value is -1.79. The minimum Gasteiger partial charge on any atom is -0.311 e. The molecule has 106 valence electrons. The van der Waals surface area contributed by atoms with Crippen molar-refractivity contribution in [3.8, 4) is 0 Å². The Morgan fingerprint density at radius 2 is 2.25 bits per heavy atom. The lowest BCUT2D eigenvalue weighted by atomic mass is 10.1. The van der Waals surface area contributed by atoms with Gasteiger partial charge in [0.2, 0.25) is 0 Å². The Morgan fingerprint density at radius 3 is 2.90 bits per heavy atom. The molecule has 0 aliphatic carbocycles. The van der Waals surface area contributed by atoms with Crippen LogP contribution in [-0.2, 0) is 13.0 Å². The number of hydrogen-bond acceptors (Lipinski definition) is 5. The van der Waals surface area contributed by atoms with Gasteiger partial charge < -0.3 is 5.32 Å². The summed E-state index contributed by atoms with van der Waals surface area (Å²) in [4.78, 5) is 16.3. The molecule has 20 heavy (non-hydrogen) atoms. The highest BCUT2D eigenvalue weighted by Crippen LogP contribution is 2.23. The maximum atomic E-state index is 11.0. The zero-order valence-electron chi connectivity index (χ0n) is 11.5. The number of aryl methyl sites for hydroxylation is 1. The summed E-state index contributed by atoms with van der Waals surface area (Å²) in [5, 5.41) is 16.4. The number of rotatable bonds is 6. The molecule has 0 amide bonds. The second-order valence-electron chi connectivity index (χ2n) is 4.62. The fourth-order valence-electron chi connectivity index (χ4n) is 2.10. The van der Waals surface area contributed by atoms with Crippen molar-refractivity contribution >= 4 is 17.0 Å². The van der Waals surface area contributed by atoms with Gasteiger partial charge in [-0.3, -0.25) is 15.1 Å². The van der Waals surface area contributed by atoms with Crippen molar-refractivity contribution in [2.45, 2.75) is 26.8 Å². The molecule has 2 rings (SSSR count). The summed E-state index contributed by atoms with van der Waals surface area (Å²) in [5.41, 5.74) is 2.18. The number of nitrogens with one attached hydrogen (secondary N) is 1. The lowest BCUT2D eigenvalue weighted by Gasteiger charge is -2.08. The third-order valence-corrected chi connectivity index (χ3v) is 4.12. The van der Waals surface area contributed by atoms with Gasteiger partial charge in [0.15, 0.2) is 0 Å². The minimum absolute atomic E-state index is 0.176. The zero-order valence-corrected chi connectivity index (χ0v) is 12.4. The second kappa shape index (κ2) is 6.58. The summed E-state index contributed by atoms with van der Waals surface area (Å²) in [5.74, 6) is 0. The molecule has 0 aromatic carbocycles. The highest BCUT2D eigenvalue weighted by molar-refractivity contribution is 7.09. The molecule has 2 aromatic heterocycles. The molecule has 0 unspecified atom stereocenters. The molecule has 5 nitrogen and oxygen atoms in total. The van der Waals surface area contributed by atoms with Gasteiger partial charge >= 0.3 is 0 Å². The van der Waals surface area contributed by atoms with Gasteiger partial charge in [-0.2, -0.15) is 0 Å². The van der Waals surface area contributed by atoms with Crippen LogP contribution in [0.25, 0.3) is 0 Å². The van der Waals surface area contributed by atoms with E-state index in [0.717, 1.165) is 18.7 Å². The first kappa shape index (κ1) is 14.6. The molecule has 0 spiro atoms. The fourth-order valence-corrected chi connectivity index (χ4v) is 2.81. The van der Waals surface area contributed by atoms with Gasteiger partial charge in [-0.25, -0.2) is 0 Å². The molecule has 6 heteroatoms. The van der Waals surface area contributed by atoms with Gasteiger partial charge in [-0.15, -0.1) is 11.3 Å². The predicted octanol–water partition coefficient (Wildman–Crippen LogP) is 3.00. The molecular weight excluding hydrogens is 274 g/mol. The van der Waals surface area contributed by atoms with E-state index in [1.807, 2.05) is 6.07 Å². The van der Waals surface area contributed by atoms with Crippen molar-refractivity contribution < 1.29 is 4.92 Å². The van der Waals surface area contributed by atoms with Crippen LogP contribution in [0.4, 0.5) is 5.69 Å². The van der Waals surface area contributed by atoms with Crippen LogP contribution < -0.4 is 5.32 Å². The topological polar surface area (TPSA) is 68.1 Å². The monoisotopic (exact) mass is 291 g/mol. The molecular formula is C14H17N3O2S. The molecule has 0 saturated carbocycles. The summed E-state index contributed by atoms with van der Waals surface area (Å²) >= 11 is 1.74. The van der Waals surface area contributed by atoms with E-state index in [2.05, 4.69) is 21.7 Å². The average Bonchev–Trinajstić information content (AvgIpc) is 2.89. The van der Waals surface area contributed by atoms with Crippen molar-refractivity contribution in [2.75, 3.05) is 6.54 Å². The number of pyridine rings is 1. The lowest BCUT2D eigenvalue weighted by Crippen LogP contribution is -2.18. The maximum absolute atomic E-state index is 11.0. The highest BCUT2D eigenvalue weighted by Gasteiger charge is 2.18. The molecule has 0 bridgehead atoms. The minimum atomic E-state index is -0.332. The van der Waals surface area contributed by atoms with Crippen molar-refractivity contribution in [2.24, 2.45) is 0 Å². The van der Waals surface area contributed by atoms with Crippen molar-refractivity contribution in [3.63, 3.8) is 0 Å². The Bertz CT molecular complexity index is 597. The number of thiophene rings is 1. The van der Waals surface area contributed by atoms with Crippen LogP contribution >= 0.6 is 11.3 Å². The van der Waals surface area contributed by atoms with Gasteiger partial charge in [0.25, 0.3) is 5.69 Å². The van der Waals surface area contributed by atoms with Crippen LogP contribution in [-0.4, -0.2) is 16.5 Å². The molecule has 2 heterocycles.